The SMILES string of the molecule is CC(C)(C)OC1(C=O)CCCOC1. The molecule has 0 aromatic rings. The van der Waals surface area contributed by atoms with Crippen LogP contribution < -0.4 is 0 Å². The van der Waals surface area contributed by atoms with Gasteiger partial charge in [-0.3, -0.25) is 0 Å². The van der Waals surface area contributed by atoms with E-state index in [9.17, 15) is 4.79 Å². The Labute approximate surface area is 79.4 Å². The van der Waals surface area contributed by atoms with Gasteiger partial charge >= 0.3 is 0 Å². The van der Waals surface area contributed by atoms with Crippen LogP contribution in [0.5, 0.6) is 0 Å². The number of ether oxygens (including phenoxy) is 2. The Kier molecular flexibility index (Phi) is 3.09. The number of rotatable bonds is 2. The van der Waals surface area contributed by atoms with Crippen molar-refractivity contribution in [3.05, 3.63) is 0 Å². The van der Waals surface area contributed by atoms with Crippen molar-refractivity contribution in [2.45, 2.75) is 44.8 Å². The van der Waals surface area contributed by atoms with Crippen molar-refractivity contribution < 1.29 is 14.3 Å². The third kappa shape index (κ3) is 3.08. The molecule has 1 unspecified atom stereocenters. The van der Waals surface area contributed by atoms with Crippen LogP contribution in [0.1, 0.15) is 33.6 Å². The molecular weight excluding hydrogens is 168 g/mol. The summed E-state index contributed by atoms with van der Waals surface area (Å²) >= 11 is 0. The Bertz CT molecular complexity index is 175. The second-order valence-electron chi connectivity index (χ2n) is 4.55. The third-order valence-electron chi connectivity index (χ3n) is 1.96. The van der Waals surface area contributed by atoms with Crippen molar-refractivity contribution in [1.82, 2.24) is 0 Å². The minimum Gasteiger partial charge on any atom is -0.378 e. The van der Waals surface area contributed by atoms with E-state index < -0.39 is 5.60 Å². The van der Waals surface area contributed by atoms with Crippen molar-refractivity contribution in [2.75, 3.05) is 13.2 Å². The molecule has 1 aliphatic heterocycles. The summed E-state index contributed by atoms with van der Waals surface area (Å²) in [5, 5.41) is 0. The van der Waals surface area contributed by atoms with Crippen molar-refractivity contribution in [3.8, 4) is 0 Å². The summed E-state index contributed by atoms with van der Waals surface area (Å²) in [6.45, 7) is 6.99. The summed E-state index contributed by atoms with van der Waals surface area (Å²) in [4.78, 5) is 11.0. The minimum absolute atomic E-state index is 0.290. The fourth-order valence-corrected chi connectivity index (χ4v) is 1.60. The second kappa shape index (κ2) is 3.76. The predicted octanol–water partition coefficient (Wildman–Crippen LogP) is 1.55. The van der Waals surface area contributed by atoms with Crippen LogP contribution in [0.3, 0.4) is 0 Å². The van der Waals surface area contributed by atoms with E-state index in [1.807, 2.05) is 20.8 Å². The zero-order valence-electron chi connectivity index (χ0n) is 8.63. The predicted molar refractivity (Wildman–Crippen MR) is 49.7 cm³/mol. The molecule has 76 valence electrons. The van der Waals surface area contributed by atoms with Gasteiger partial charge < -0.3 is 14.3 Å². The molecule has 0 amide bonds. The lowest BCUT2D eigenvalue weighted by molar-refractivity contribution is -0.181. The summed E-state index contributed by atoms with van der Waals surface area (Å²) < 4.78 is 11.0. The molecule has 0 N–H and O–H groups in total. The van der Waals surface area contributed by atoms with Gasteiger partial charge in [0.1, 0.15) is 5.60 Å². The van der Waals surface area contributed by atoms with Crippen LogP contribution in [0, 0.1) is 0 Å². The first kappa shape index (κ1) is 10.7. The third-order valence-corrected chi connectivity index (χ3v) is 1.96. The molecule has 13 heavy (non-hydrogen) atoms. The number of carbonyl (C=O) groups is 1. The number of hydrogen-bond donors (Lipinski definition) is 0. The monoisotopic (exact) mass is 186 g/mol. The van der Waals surface area contributed by atoms with Gasteiger partial charge in [0.05, 0.1) is 12.2 Å². The van der Waals surface area contributed by atoms with Crippen LogP contribution in [0.4, 0.5) is 0 Å². The number of aldehydes is 1. The fourth-order valence-electron chi connectivity index (χ4n) is 1.60. The normalized spacial score (nSPS) is 30.1. The first-order valence-corrected chi connectivity index (χ1v) is 4.72. The van der Waals surface area contributed by atoms with Crippen LogP contribution >= 0.6 is 0 Å². The smallest absolute Gasteiger partial charge is 0.154 e. The van der Waals surface area contributed by atoms with E-state index >= 15 is 0 Å². The van der Waals surface area contributed by atoms with Crippen molar-refractivity contribution >= 4 is 6.29 Å². The molecule has 0 saturated carbocycles. The molecule has 0 radical (unpaired) electrons. The maximum absolute atomic E-state index is 11.0. The van der Waals surface area contributed by atoms with Gasteiger partial charge in [-0.15, -0.1) is 0 Å². The molecule has 3 nitrogen and oxygen atoms in total. The second-order valence-corrected chi connectivity index (χ2v) is 4.55. The lowest BCUT2D eigenvalue weighted by Gasteiger charge is -2.37. The quantitative estimate of drug-likeness (QED) is 0.614. The molecule has 0 bridgehead atoms. The van der Waals surface area contributed by atoms with Crippen molar-refractivity contribution in [1.29, 1.82) is 0 Å². The molecule has 1 heterocycles. The average molecular weight is 186 g/mol. The first-order chi connectivity index (χ1) is 5.97. The van der Waals surface area contributed by atoms with E-state index in [2.05, 4.69) is 0 Å². The Balaban J connectivity index is 2.63. The lowest BCUT2D eigenvalue weighted by Crippen LogP contribution is -2.47. The van der Waals surface area contributed by atoms with E-state index in [1.54, 1.807) is 0 Å². The molecule has 0 aromatic heterocycles. The molecule has 1 atom stereocenters. The highest BCUT2D eigenvalue weighted by atomic mass is 16.6. The van der Waals surface area contributed by atoms with Crippen LogP contribution in [-0.4, -0.2) is 30.7 Å². The lowest BCUT2D eigenvalue weighted by atomic mass is 9.97. The molecular formula is C10H18O3. The Morgan fingerprint density at radius 1 is 1.46 bits per heavy atom. The van der Waals surface area contributed by atoms with Gasteiger partial charge in [0.15, 0.2) is 6.29 Å². The molecule has 1 rings (SSSR count). The zero-order chi connectivity index (χ0) is 9.95. The van der Waals surface area contributed by atoms with Crippen LogP contribution in [0.25, 0.3) is 0 Å². The summed E-state index contributed by atoms with van der Waals surface area (Å²) in [6, 6.07) is 0. The topological polar surface area (TPSA) is 35.5 Å². The average Bonchev–Trinajstić information content (AvgIpc) is 2.03. The molecule has 1 fully saturated rings. The maximum Gasteiger partial charge on any atom is 0.154 e. The largest absolute Gasteiger partial charge is 0.378 e. The zero-order valence-corrected chi connectivity index (χ0v) is 8.63. The Morgan fingerprint density at radius 3 is 2.54 bits per heavy atom. The van der Waals surface area contributed by atoms with E-state index in [1.165, 1.54) is 0 Å². The van der Waals surface area contributed by atoms with Gasteiger partial charge in [-0.1, -0.05) is 0 Å². The van der Waals surface area contributed by atoms with Crippen molar-refractivity contribution in [2.24, 2.45) is 0 Å². The molecule has 1 saturated heterocycles. The van der Waals surface area contributed by atoms with Gasteiger partial charge in [0, 0.05) is 6.61 Å². The fraction of sp³-hybridized carbons (Fsp3) is 0.900. The molecule has 1 aliphatic rings. The van der Waals surface area contributed by atoms with Crippen LogP contribution in [0.2, 0.25) is 0 Å². The van der Waals surface area contributed by atoms with Gasteiger partial charge in [0.25, 0.3) is 0 Å². The highest BCUT2D eigenvalue weighted by Crippen LogP contribution is 2.26. The Morgan fingerprint density at radius 2 is 2.15 bits per heavy atom. The first-order valence-electron chi connectivity index (χ1n) is 4.72. The summed E-state index contributed by atoms with van der Waals surface area (Å²) in [5.74, 6) is 0. The number of carbonyl (C=O) groups excluding carboxylic acids is 1. The molecule has 0 spiro atoms. The van der Waals surface area contributed by atoms with E-state index in [4.69, 9.17) is 9.47 Å². The van der Waals surface area contributed by atoms with Crippen LogP contribution in [0.15, 0.2) is 0 Å². The standard InChI is InChI=1S/C10H18O3/c1-9(2,3)13-10(7-11)5-4-6-12-8-10/h7H,4-6,8H2,1-3H3. The summed E-state index contributed by atoms with van der Waals surface area (Å²) in [5.41, 5.74) is -0.988. The van der Waals surface area contributed by atoms with Crippen molar-refractivity contribution in [3.63, 3.8) is 0 Å². The molecule has 0 aliphatic carbocycles. The van der Waals surface area contributed by atoms with E-state index in [0.717, 1.165) is 25.7 Å². The minimum atomic E-state index is -0.698. The van der Waals surface area contributed by atoms with Gasteiger partial charge in [-0.2, -0.15) is 0 Å². The highest BCUT2D eigenvalue weighted by molar-refractivity contribution is 5.63. The molecule has 3 heteroatoms. The van der Waals surface area contributed by atoms with Gasteiger partial charge in [-0.05, 0) is 33.6 Å². The summed E-state index contributed by atoms with van der Waals surface area (Å²) in [6.07, 6.45) is 2.56. The summed E-state index contributed by atoms with van der Waals surface area (Å²) in [7, 11) is 0. The maximum atomic E-state index is 11.0. The van der Waals surface area contributed by atoms with Gasteiger partial charge in [0.2, 0.25) is 0 Å². The van der Waals surface area contributed by atoms with E-state index in [0.29, 0.717) is 6.61 Å². The van der Waals surface area contributed by atoms with E-state index in [-0.39, 0.29) is 5.60 Å². The molecule has 0 aromatic carbocycles. The highest BCUT2D eigenvalue weighted by Gasteiger charge is 2.37. The van der Waals surface area contributed by atoms with Crippen LogP contribution in [-0.2, 0) is 14.3 Å². The Hall–Kier alpha value is -0.410. The number of hydrogen-bond acceptors (Lipinski definition) is 3. The van der Waals surface area contributed by atoms with Gasteiger partial charge in [-0.25, -0.2) is 0 Å².